The van der Waals surface area contributed by atoms with Crippen LogP contribution in [0.1, 0.15) is 61.3 Å². The Bertz CT molecular complexity index is 342. The van der Waals surface area contributed by atoms with E-state index < -0.39 is 29.2 Å². The lowest BCUT2D eigenvalue weighted by Crippen LogP contribution is -2.41. The standard InChI is InChI=1S/C15H29NO4/c1-10(2)8-11(16)13(18)20-15(6,7)9-12(17)19-14(3,4)5/h10-11H,8-9,16H2,1-7H3/t11-/m0/s1. The van der Waals surface area contributed by atoms with Crippen molar-refractivity contribution in [2.45, 2.75) is 78.6 Å². The maximum Gasteiger partial charge on any atom is 0.323 e. The summed E-state index contributed by atoms with van der Waals surface area (Å²) in [6, 6.07) is -0.659. The first kappa shape index (κ1) is 18.9. The molecule has 0 saturated heterocycles. The summed E-state index contributed by atoms with van der Waals surface area (Å²) >= 11 is 0. The maximum absolute atomic E-state index is 11.9. The Morgan fingerprint density at radius 1 is 1.05 bits per heavy atom. The Balaban J connectivity index is 4.44. The topological polar surface area (TPSA) is 78.6 Å². The van der Waals surface area contributed by atoms with Crippen LogP contribution in [0.2, 0.25) is 0 Å². The van der Waals surface area contributed by atoms with E-state index in [1.54, 1.807) is 34.6 Å². The highest BCUT2D eigenvalue weighted by molar-refractivity contribution is 5.77. The highest BCUT2D eigenvalue weighted by Gasteiger charge is 2.31. The van der Waals surface area contributed by atoms with Crippen LogP contribution in [-0.4, -0.2) is 29.2 Å². The first-order valence-corrected chi connectivity index (χ1v) is 7.03. The summed E-state index contributed by atoms with van der Waals surface area (Å²) in [4.78, 5) is 23.6. The molecule has 0 fully saturated rings. The number of hydrogen-bond donors (Lipinski definition) is 1. The molecule has 20 heavy (non-hydrogen) atoms. The van der Waals surface area contributed by atoms with Gasteiger partial charge in [0.25, 0.3) is 0 Å². The second-order valence-electron chi connectivity index (χ2n) is 7.18. The van der Waals surface area contributed by atoms with E-state index in [-0.39, 0.29) is 6.42 Å². The number of ether oxygens (including phenoxy) is 2. The lowest BCUT2D eigenvalue weighted by molar-refractivity contribution is -0.169. The van der Waals surface area contributed by atoms with E-state index in [0.717, 1.165) is 0 Å². The SMILES string of the molecule is CC(C)C[C@H](N)C(=O)OC(C)(C)CC(=O)OC(C)(C)C. The first-order valence-electron chi connectivity index (χ1n) is 7.03. The molecule has 0 radical (unpaired) electrons. The van der Waals surface area contributed by atoms with Gasteiger partial charge in [-0.25, -0.2) is 0 Å². The normalized spacial score (nSPS) is 14.1. The molecule has 5 heteroatoms. The average molecular weight is 287 g/mol. The second-order valence-corrected chi connectivity index (χ2v) is 7.18. The molecule has 0 bridgehead atoms. The van der Waals surface area contributed by atoms with Gasteiger partial charge in [-0.2, -0.15) is 0 Å². The van der Waals surface area contributed by atoms with Crippen LogP contribution in [0.25, 0.3) is 0 Å². The molecule has 5 nitrogen and oxygen atoms in total. The Hall–Kier alpha value is -1.10. The number of rotatable bonds is 6. The summed E-state index contributed by atoms with van der Waals surface area (Å²) in [6.07, 6.45) is 0.561. The van der Waals surface area contributed by atoms with E-state index in [1.165, 1.54) is 0 Å². The van der Waals surface area contributed by atoms with Crippen molar-refractivity contribution in [2.75, 3.05) is 0 Å². The summed E-state index contributed by atoms with van der Waals surface area (Å²) in [7, 11) is 0. The quantitative estimate of drug-likeness (QED) is 0.759. The smallest absolute Gasteiger partial charge is 0.323 e. The summed E-state index contributed by atoms with van der Waals surface area (Å²) in [5.74, 6) is -0.563. The number of hydrogen-bond acceptors (Lipinski definition) is 5. The van der Waals surface area contributed by atoms with Gasteiger partial charge in [0.05, 0.1) is 6.42 Å². The molecule has 0 aromatic carbocycles. The van der Waals surface area contributed by atoms with Gasteiger partial charge in [0, 0.05) is 0 Å². The summed E-state index contributed by atoms with van der Waals surface area (Å²) in [6.45, 7) is 12.7. The highest BCUT2D eigenvalue weighted by atomic mass is 16.6. The van der Waals surface area contributed by atoms with Gasteiger partial charge in [-0.05, 0) is 47.0 Å². The Morgan fingerprint density at radius 2 is 1.55 bits per heavy atom. The Kier molecular flexibility index (Phi) is 6.68. The van der Waals surface area contributed by atoms with Crippen molar-refractivity contribution in [3.63, 3.8) is 0 Å². The van der Waals surface area contributed by atoms with E-state index >= 15 is 0 Å². The molecule has 0 rings (SSSR count). The van der Waals surface area contributed by atoms with Crippen LogP contribution >= 0.6 is 0 Å². The van der Waals surface area contributed by atoms with Gasteiger partial charge in [-0.3, -0.25) is 9.59 Å². The van der Waals surface area contributed by atoms with Gasteiger partial charge in [0.15, 0.2) is 0 Å². The number of nitrogens with two attached hydrogens (primary N) is 1. The van der Waals surface area contributed by atoms with Gasteiger partial charge in [0.1, 0.15) is 17.2 Å². The fourth-order valence-corrected chi connectivity index (χ4v) is 1.71. The maximum atomic E-state index is 11.9. The van der Waals surface area contributed by atoms with Crippen molar-refractivity contribution in [2.24, 2.45) is 11.7 Å². The van der Waals surface area contributed by atoms with Gasteiger partial charge in [-0.15, -0.1) is 0 Å². The molecule has 118 valence electrons. The molecular weight excluding hydrogens is 258 g/mol. The minimum atomic E-state index is -0.923. The van der Waals surface area contributed by atoms with E-state index in [1.807, 2.05) is 13.8 Å². The second kappa shape index (κ2) is 7.07. The molecular formula is C15H29NO4. The lowest BCUT2D eigenvalue weighted by atomic mass is 10.0. The van der Waals surface area contributed by atoms with Crippen LogP contribution in [0.3, 0.4) is 0 Å². The van der Waals surface area contributed by atoms with Gasteiger partial charge < -0.3 is 15.2 Å². The minimum Gasteiger partial charge on any atom is -0.460 e. The van der Waals surface area contributed by atoms with Crippen LogP contribution in [-0.2, 0) is 19.1 Å². The molecule has 0 aliphatic heterocycles. The number of esters is 2. The molecule has 0 aromatic rings. The molecule has 0 saturated carbocycles. The van der Waals surface area contributed by atoms with E-state index in [0.29, 0.717) is 12.3 Å². The molecule has 2 N–H and O–H groups in total. The molecule has 0 spiro atoms. The van der Waals surface area contributed by atoms with Gasteiger partial charge in [-0.1, -0.05) is 13.8 Å². The third-order valence-corrected chi connectivity index (χ3v) is 2.40. The molecule has 0 heterocycles. The minimum absolute atomic E-state index is 0.00437. The van der Waals surface area contributed by atoms with Crippen molar-refractivity contribution in [1.82, 2.24) is 0 Å². The zero-order valence-electron chi connectivity index (χ0n) is 13.8. The van der Waals surface area contributed by atoms with E-state index in [9.17, 15) is 9.59 Å². The lowest BCUT2D eigenvalue weighted by Gasteiger charge is -2.28. The highest BCUT2D eigenvalue weighted by Crippen LogP contribution is 2.19. The first-order chi connectivity index (χ1) is 8.82. The molecule has 0 amide bonds. The molecule has 0 aliphatic rings. The Labute approximate surface area is 122 Å². The van der Waals surface area contributed by atoms with Crippen LogP contribution in [0.4, 0.5) is 0 Å². The monoisotopic (exact) mass is 287 g/mol. The number of carbonyl (C=O) groups excluding carboxylic acids is 2. The third kappa shape index (κ3) is 8.91. The van der Waals surface area contributed by atoms with Crippen LogP contribution in [0, 0.1) is 5.92 Å². The van der Waals surface area contributed by atoms with E-state index in [2.05, 4.69) is 0 Å². The summed E-state index contributed by atoms with van der Waals surface area (Å²) in [5.41, 5.74) is 4.29. The fraction of sp³-hybridized carbons (Fsp3) is 0.867. The summed E-state index contributed by atoms with van der Waals surface area (Å²) < 4.78 is 10.5. The third-order valence-electron chi connectivity index (χ3n) is 2.40. The van der Waals surface area contributed by atoms with Gasteiger partial charge in [0.2, 0.25) is 0 Å². The van der Waals surface area contributed by atoms with Gasteiger partial charge >= 0.3 is 11.9 Å². The predicted octanol–water partition coefficient (Wildman–Crippen LogP) is 2.41. The largest absolute Gasteiger partial charge is 0.460 e. The van der Waals surface area contributed by atoms with Crippen LogP contribution in [0.5, 0.6) is 0 Å². The van der Waals surface area contributed by atoms with Crippen LogP contribution in [0.15, 0.2) is 0 Å². The van der Waals surface area contributed by atoms with Crippen molar-refractivity contribution in [3.8, 4) is 0 Å². The zero-order chi connectivity index (χ0) is 16.1. The van der Waals surface area contributed by atoms with Crippen LogP contribution < -0.4 is 5.73 Å². The van der Waals surface area contributed by atoms with Crippen molar-refractivity contribution >= 4 is 11.9 Å². The molecule has 1 atom stereocenters. The fourth-order valence-electron chi connectivity index (χ4n) is 1.71. The number of carbonyl (C=O) groups is 2. The molecule has 0 aliphatic carbocycles. The summed E-state index contributed by atoms with van der Waals surface area (Å²) in [5, 5.41) is 0. The van der Waals surface area contributed by atoms with Crippen molar-refractivity contribution in [1.29, 1.82) is 0 Å². The Morgan fingerprint density at radius 3 is 1.95 bits per heavy atom. The zero-order valence-corrected chi connectivity index (χ0v) is 13.8. The van der Waals surface area contributed by atoms with Crippen molar-refractivity contribution in [3.05, 3.63) is 0 Å². The van der Waals surface area contributed by atoms with Crippen molar-refractivity contribution < 1.29 is 19.1 Å². The molecule has 0 aromatic heterocycles. The molecule has 0 unspecified atom stereocenters. The predicted molar refractivity (Wildman–Crippen MR) is 78.1 cm³/mol. The van der Waals surface area contributed by atoms with E-state index in [4.69, 9.17) is 15.2 Å². The average Bonchev–Trinajstić information content (AvgIpc) is 2.10.